The third kappa shape index (κ3) is 13.9. The van der Waals surface area contributed by atoms with Crippen LogP contribution in [-0.4, -0.2) is 39.5 Å². The molecule has 0 saturated heterocycles. The maximum Gasteiger partial charge on any atom is 0.0590 e. The largest absolute Gasteiger partial charge is 0.380 e. The van der Waals surface area contributed by atoms with E-state index in [-0.39, 0.29) is 0 Å². The third-order valence-electron chi connectivity index (χ3n) is 2.05. The molecule has 1 N–H and O–H groups in total. The van der Waals surface area contributed by atoms with Gasteiger partial charge < -0.3 is 14.8 Å². The smallest absolute Gasteiger partial charge is 0.0590 e. The molecule has 0 amide bonds. The molecule has 0 aliphatic carbocycles. The summed E-state index contributed by atoms with van der Waals surface area (Å²) in [6.45, 7) is 13.8. The Balaban J connectivity index is 2.99. The Morgan fingerprint density at radius 1 is 0.933 bits per heavy atom. The zero-order valence-corrected chi connectivity index (χ0v) is 10.8. The molecular formula is C12H27NO2. The zero-order valence-electron chi connectivity index (χ0n) is 10.8. The SMILES string of the molecule is CCOCCNCCOCCC(C)(C)C. The molecule has 0 fully saturated rings. The summed E-state index contributed by atoms with van der Waals surface area (Å²) in [5.74, 6) is 0. The van der Waals surface area contributed by atoms with Crippen molar-refractivity contribution in [1.29, 1.82) is 0 Å². The van der Waals surface area contributed by atoms with Crippen LogP contribution >= 0.6 is 0 Å². The Labute approximate surface area is 94.5 Å². The highest BCUT2D eigenvalue weighted by atomic mass is 16.5. The van der Waals surface area contributed by atoms with E-state index in [0.29, 0.717) is 5.41 Å². The van der Waals surface area contributed by atoms with E-state index in [2.05, 4.69) is 26.1 Å². The summed E-state index contributed by atoms with van der Waals surface area (Å²) in [6.07, 6.45) is 1.12. The minimum absolute atomic E-state index is 0.377. The second-order valence-electron chi connectivity index (χ2n) is 4.87. The van der Waals surface area contributed by atoms with Crippen LogP contribution in [0.1, 0.15) is 34.1 Å². The molecule has 3 heteroatoms. The molecule has 0 radical (unpaired) electrons. The van der Waals surface area contributed by atoms with Crippen molar-refractivity contribution in [1.82, 2.24) is 5.32 Å². The van der Waals surface area contributed by atoms with Crippen molar-refractivity contribution in [2.75, 3.05) is 39.5 Å². The van der Waals surface area contributed by atoms with Crippen molar-refractivity contribution in [2.45, 2.75) is 34.1 Å². The van der Waals surface area contributed by atoms with Gasteiger partial charge in [-0.2, -0.15) is 0 Å². The van der Waals surface area contributed by atoms with E-state index in [9.17, 15) is 0 Å². The van der Waals surface area contributed by atoms with E-state index < -0.39 is 0 Å². The molecular weight excluding hydrogens is 190 g/mol. The standard InChI is InChI=1S/C12H27NO2/c1-5-14-10-7-13-8-11-15-9-6-12(2,3)4/h13H,5-11H2,1-4H3. The number of hydrogen-bond acceptors (Lipinski definition) is 3. The summed E-state index contributed by atoms with van der Waals surface area (Å²) in [5.41, 5.74) is 0.377. The molecule has 15 heavy (non-hydrogen) atoms. The van der Waals surface area contributed by atoms with Crippen molar-refractivity contribution >= 4 is 0 Å². The Bertz CT molecular complexity index is 132. The van der Waals surface area contributed by atoms with Gasteiger partial charge in [0.15, 0.2) is 0 Å². The van der Waals surface area contributed by atoms with E-state index >= 15 is 0 Å². The fraction of sp³-hybridized carbons (Fsp3) is 1.00. The van der Waals surface area contributed by atoms with Crippen molar-refractivity contribution in [2.24, 2.45) is 5.41 Å². The van der Waals surface area contributed by atoms with Crippen molar-refractivity contribution in [3.8, 4) is 0 Å². The fourth-order valence-corrected chi connectivity index (χ4v) is 1.04. The summed E-state index contributed by atoms with van der Waals surface area (Å²) in [4.78, 5) is 0. The van der Waals surface area contributed by atoms with Gasteiger partial charge in [-0.05, 0) is 18.8 Å². The minimum atomic E-state index is 0.377. The minimum Gasteiger partial charge on any atom is -0.380 e. The lowest BCUT2D eigenvalue weighted by atomic mass is 9.93. The first-order chi connectivity index (χ1) is 7.06. The van der Waals surface area contributed by atoms with E-state index in [0.717, 1.165) is 45.9 Å². The molecule has 0 aromatic heterocycles. The van der Waals surface area contributed by atoms with Crippen LogP contribution in [0.4, 0.5) is 0 Å². The van der Waals surface area contributed by atoms with Crippen LogP contribution < -0.4 is 5.32 Å². The van der Waals surface area contributed by atoms with Crippen LogP contribution in [0.25, 0.3) is 0 Å². The average Bonchev–Trinajstić information content (AvgIpc) is 2.14. The Hall–Kier alpha value is -0.120. The lowest BCUT2D eigenvalue weighted by molar-refractivity contribution is 0.106. The van der Waals surface area contributed by atoms with E-state index in [4.69, 9.17) is 9.47 Å². The Morgan fingerprint density at radius 2 is 1.53 bits per heavy atom. The first-order valence-electron chi connectivity index (χ1n) is 5.92. The molecule has 0 bridgehead atoms. The molecule has 92 valence electrons. The summed E-state index contributed by atoms with van der Waals surface area (Å²) >= 11 is 0. The van der Waals surface area contributed by atoms with E-state index in [1.54, 1.807) is 0 Å². The number of rotatable bonds is 9. The maximum absolute atomic E-state index is 5.51. The van der Waals surface area contributed by atoms with Gasteiger partial charge in [-0.1, -0.05) is 20.8 Å². The van der Waals surface area contributed by atoms with Gasteiger partial charge >= 0.3 is 0 Å². The average molecular weight is 217 g/mol. The third-order valence-corrected chi connectivity index (χ3v) is 2.05. The first-order valence-corrected chi connectivity index (χ1v) is 5.92. The maximum atomic E-state index is 5.51. The zero-order chi connectivity index (χ0) is 11.6. The topological polar surface area (TPSA) is 30.5 Å². The molecule has 3 nitrogen and oxygen atoms in total. The summed E-state index contributed by atoms with van der Waals surface area (Å²) < 4.78 is 10.7. The summed E-state index contributed by atoms with van der Waals surface area (Å²) in [7, 11) is 0. The van der Waals surface area contributed by atoms with Crippen LogP contribution in [0.15, 0.2) is 0 Å². The highest BCUT2D eigenvalue weighted by Crippen LogP contribution is 2.17. The summed E-state index contributed by atoms with van der Waals surface area (Å²) in [6, 6.07) is 0. The quantitative estimate of drug-likeness (QED) is 0.600. The number of nitrogens with one attached hydrogen (secondary N) is 1. The molecule has 0 rings (SSSR count). The molecule has 0 aromatic rings. The predicted octanol–water partition coefficient (Wildman–Crippen LogP) is 2.07. The normalized spacial score (nSPS) is 12.0. The Morgan fingerprint density at radius 3 is 2.07 bits per heavy atom. The number of ether oxygens (including phenoxy) is 2. The van der Waals surface area contributed by atoms with Gasteiger partial charge in [0, 0.05) is 26.3 Å². The molecule has 0 spiro atoms. The molecule has 0 aromatic carbocycles. The van der Waals surface area contributed by atoms with Crippen LogP contribution in [0, 0.1) is 5.41 Å². The molecule has 0 unspecified atom stereocenters. The monoisotopic (exact) mass is 217 g/mol. The van der Waals surface area contributed by atoms with Crippen molar-refractivity contribution < 1.29 is 9.47 Å². The molecule has 0 heterocycles. The Kier molecular flexibility index (Phi) is 9.06. The second-order valence-corrected chi connectivity index (χ2v) is 4.87. The van der Waals surface area contributed by atoms with Crippen LogP contribution in [-0.2, 0) is 9.47 Å². The van der Waals surface area contributed by atoms with Crippen molar-refractivity contribution in [3.05, 3.63) is 0 Å². The highest BCUT2D eigenvalue weighted by molar-refractivity contribution is 4.59. The summed E-state index contributed by atoms with van der Waals surface area (Å²) in [5, 5.41) is 3.27. The van der Waals surface area contributed by atoms with Crippen LogP contribution in [0.5, 0.6) is 0 Å². The van der Waals surface area contributed by atoms with Gasteiger partial charge in [-0.25, -0.2) is 0 Å². The van der Waals surface area contributed by atoms with Gasteiger partial charge in [0.1, 0.15) is 0 Å². The van der Waals surface area contributed by atoms with Gasteiger partial charge in [0.05, 0.1) is 13.2 Å². The van der Waals surface area contributed by atoms with Crippen LogP contribution in [0.3, 0.4) is 0 Å². The van der Waals surface area contributed by atoms with E-state index in [1.807, 2.05) is 6.92 Å². The van der Waals surface area contributed by atoms with Crippen LogP contribution in [0.2, 0.25) is 0 Å². The fourth-order valence-electron chi connectivity index (χ4n) is 1.04. The van der Waals surface area contributed by atoms with Gasteiger partial charge in [0.2, 0.25) is 0 Å². The predicted molar refractivity (Wildman–Crippen MR) is 64.3 cm³/mol. The molecule has 0 saturated carbocycles. The lowest BCUT2D eigenvalue weighted by Gasteiger charge is -2.17. The lowest BCUT2D eigenvalue weighted by Crippen LogP contribution is -2.24. The molecule has 0 aliphatic rings. The number of hydrogen-bond donors (Lipinski definition) is 1. The van der Waals surface area contributed by atoms with Crippen molar-refractivity contribution in [3.63, 3.8) is 0 Å². The van der Waals surface area contributed by atoms with E-state index in [1.165, 1.54) is 0 Å². The molecule has 0 aliphatic heterocycles. The van der Waals surface area contributed by atoms with Gasteiger partial charge in [-0.3, -0.25) is 0 Å². The highest BCUT2D eigenvalue weighted by Gasteiger charge is 2.08. The first kappa shape index (κ1) is 14.9. The second kappa shape index (κ2) is 9.13. The molecule has 0 atom stereocenters. The van der Waals surface area contributed by atoms with Gasteiger partial charge in [-0.15, -0.1) is 0 Å². The van der Waals surface area contributed by atoms with Gasteiger partial charge in [0.25, 0.3) is 0 Å².